The zero-order chi connectivity index (χ0) is 13.5. The van der Waals surface area contributed by atoms with Gasteiger partial charge >= 0.3 is 0 Å². The van der Waals surface area contributed by atoms with Gasteiger partial charge in [0.1, 0.15) is 11.8 Å². The summed E-state index contributed by atoms with van der Waals surface area (Å²) >= 11 is 0. The molecule has 0 atom stereocenters. The Kier molecular flexibility index (Phi) is 4.62. The van der Waals surface area contributed by atoms with Gasteiger partial charge < -0.3 is 0 Å². The molecule has 0 unspecified atom stereocenters. The first-order chi connectivity index (χ1) is 9.36. The molecule has 0 aliphatic carbocycles. The first-order valence-electron chi connectivity index (χ1n) is 6.60. The highest BCUT2D eigenvalue weighted by atomic mass is 15.4. The van der Waals surface area contributed by atoms with Gasteiger partial charge in [-0.2, -0.15) is 5.26 Å². The molecule has 5 heteroatoms. The van der Waals surface area contributed by atoms with Gasteiger partial charge in [-0.1, -0.05) is 31.4 Å². The maximum atomic E-state index is 9.12. The summed E-state index contributed by atoms with van der Waals surface area (Å²) in [7, 11) is 0. The molecule has 0 spiro atoms. The molecular weight excluding hydrogens is 238 g/mol. The predicted octanol–water partition coefficient (Wildman–Crippen LogP) is 2.79. The van der Waals surface area contributed by atoms with Crippen LogP contribution in [0.25, 0.3) is 11.3 Å². The molecule has 98 valence electrons. The van der Waals surface area contributed by atoms with Crippen molar-refractivity contribution in [1.82, 2.24) is 20.0 Å². The zero-order valence-corrected chi connectivity index (χ0v) is 11.1. The molecule has 2 aromatic rings. The molecule has 0 bridgehead atoms. The van der Waals surface area contributed by atoms with Crippen LogP contribution in [-0.4, -0.2) is 20.0 Å². The van der Waals surface area contributed by atoms with E-state index in [1.807, 2.05) is 16.8 Å². The molecule has 0 saturated carbocycles. The number of nitrogens with zero attached hydrogens (tertiary/aromatic N) is 5. The summed E-state index contributed by atoms with van der Waals surface area (Å²) in [6.45, 7) is 2.98. The van der Waals surface area contributed by atoms with Crippen molar-refractivity contribution in [3.8, 4) is 17.3 Å². The highest BCUT2D eigenvalue weighted by Gasteiger charge is 2.14. The fourth-order valence-corrected chi connectivity index (χ4v) is 2.03. The smallest absolute Gasteiger partial charge is 0.190 e. The maximum absolute atomic E-state index is 9.12. The van der Waals surface area contributed by atoms with Gasteiger partial charge in [-0.25, -0.2) is 4.68 Å². The van der Waals surface area contributed by atoms with E-state index in [4.69, 9.17) is 5.26 Å². The van der Waals surface area contributed by atoms with Gasteiger partial charge in [0.25, 0.3) is 0 Å². The molecule has 19 heavy (non-hydrogen) atoms. The van der Waals surface area contributed by atoms with Crippen LogP contribution in [0.1, 0.15) is 38.3 Å². The largest absolute Gasteiger partial charge is 0.265 e. The highest BCUT2D eigenvalue weighted by Crippen LogP contribution is 2.21. The minimum Gasteiger partial charge on any atom is -0.265 e. The first kappa shape index (κ1) is 13.2. The fourth-order valence-electron chi connectivity index (χ4n) is 2.03. The second kappa shape index (κ2) is 6.64. The van der Waals surface area contributed by atoms with E-state index in [-0.39, 0.29) is 0 Å². The minimum absolute atomic E-state index is 0.377. The predicted molar refractivity (Wildman–Crippen MR) is 72.1 cm³/mol. The van der Waals surface area contributed by atoms with E-state index < -0.39 is 0 Å². The Morgan fingerprint density at radius 1 is 1.21 bits per heavy atom. The van der Waals surface area contributed by atoms with Gasteiger partial charge in [-0.05, 0) is 18.6 Å². The average molecular weight is 255 g/mol. The molecule has 2 rings (SSSR count). The molecule has 2 heterocycles. The van der Waals surface area contributed by atoms with Crippen LogP contribution in [0.5, 0.6) is 0 Å². The number of pyridine rings is 1. The Bertz CT molecular complexity index is 553. The third-order valence-electron chi connectivity index (χ3n) is 3.02. The monoisotopic (exact) mass is 255 g/mol. The lowest BCUT2D eigenvalue weighted by molar-refractivity contribution is 0.531. The molecule has 0 aliphatic rings. The Morgan fingerprint density at radius 3 is 2.68 bits per heavy atom. The van der Waals surface area contributed by atoms with E-state index in [2.05, 4.69) is 28.3 Å². The molecule has 0 radical (unpaired) electrons. The van der Waals surface area contributed by atoms with Crippen molar-refractivity contribution < 1.29 is 0 Å². The molecule has 0 amide bonds. The topological polar surface area (TPSA) is 67.4 Å². The second-order valence-electron chi connectivity index (χ2n) is 4.42. The van der Waals surface area contributed by atoms with Crippen molar-refractivity contribution in [3.63, 3.8) is 0 Å². The standard InChI is InChI=1S/C14H17N5/c1-2-3-4-5-10-19-14(13(11-15)17-18-19)12-6-8-16-9-7-12/h6-9H,2-5,10H2,1H3. The van der Waals surface area contributed by atoms with Gasteiger partial charge in [-0.15, -0.1) is 5.10 Å². The van der Waals surface area contributed by atoms with Crippen LogP contribution in [-0.2, 0) is 6.54 Å². The van der Waals surface area contributed by atoms with Gasteiger partial charge in [-0.3, -0.25) is 4.98 Å². The number of nitriles is 1. The molecule has 0 N–H and O–H groups in total. The molecule has 2 aromatic heterocycles. The van der Waals surface area contributed by atoms with Crippen LogP contribution in [0.3, 0.4) is 0 Å². The van der Waals surface area contributed by atoms with Crippen LogP contribution in [0.2, 0.25) is 0 Å². The van der Waals surface area contributed by atoms with Crippen LogP contribution >= 0.6 is 0 Å². The summed E-state index contributed by atoms with van der Waals surface area (Å²) in [5.41, 5.74) is 2.11. The third kappa shape index (κ3) is 3.16. The molecule has 0 aliphatic heterocycles. The normalized spacial score (nSPS) is 10.3. The average Bonchev–Trinajstić information content (AvgIpc) is 2.87. The van der Waals surface area contributed by atoms with Crippen molar-refractivity contribution in [3.05, 3.63) is 30.2 Å². The van der Waals surface area contributed by atoms with Crippen LogP contribution < -0.4 is 0 Å². The summed E-state index contributed by atoms with van der Waals surface area (Å²) in [6.07, 6.45) is 8.09. The van der Waals surface area contributed by atoms with E-state index in [0.717, 1.165) is 24.2 Å². The Morgan fingerprint density at radius 2 is 2.00 bits per heavy atom. The number of aryl methyl sites for hydroxylation is 1. The van der Waals surface area contributed by atoms with Crippen molar-refractivity contribution in [2.24, 2.45) is 0 Å². The molecule has 5 nitrogen and oxygen atoms in total. The number of aromatic nitrogens is 4. The summed E-state index contributed by atoms with van der Waals surface area (Å²) in [5, 5.41) is 17.1. The van der Waals surface area contributed by atoms with Crippen LogP contribution in [0, 0.1) is 11.3 Å². The lowest BCUT2D eigenvalue weighted by Gasteiger charge is -2.06. The third-order valence-corrected chi connectivity index (χ3v) is 3.02. The van der Waals surface area contributed by atoms with Crippen molar-refractivity contribution in [1.29, 1.82) is 5.26 Å². The van der Waals surface area contributed by atoms with Crippen molar-refractivity contribution in [2.75, 3.05) is 0 Å². The number of hydrogen-bond donors (Lipinski definition) is 0. The van der Waals surface area contributed by atoms with Crippen molar-refractivity contribution in [2.45, 2.75) is 39.2 Å². The fraction of sp³-hybridized carbons (Fsp3) is 0.429. The Balaban J connectivity index is 2.21. The zero-order valence-electron chi connectivity index (χ0n) is 11.1. The van der Waals surface area contributed by atoms with E-state index in [9.17, 15) is 0 Å². The summed E-state index contributed by atoms with van der Waals surface area (Å²) < 4.78 is 1.82. The van der Waals surface area contributed by atoms with E-state index in [0.29, 0.717) is 5.69 Å². The SMILES string of the molecule is CCCCCCn1nnc(C#N)c1-c1ccncc1. The quantitative estimate of drug-likeness (QED) is 0.744. The summed E-state index contributed by atoms with van der Waals surface area (Å²) in [4.78, 5) is 3.99. The lowest BCUT2D eigenvalue weighted by atomic mass is 10.1. The molecule has 0 aromatic carbocycles. The lowest BCUT2D eigenvalue weighted by Crippen LogP contribution is -2.03. The highest BCUT2D eigenvalue weighted by molar-refractivity contribution is 5.64. The number of rotatable bonds is 6. The number of unbranched alkanes of at least 4 members (excludes halogenated alkanes) is 3. The van der Waals surface area contributed by atoms with Crippen LogP contribution in [0.15, 0.2) is 24.5 Å². The number of hydrogen-bond acceptors (Lipinski definition) is 4. The van der Waals surface area contributed by atoms with Gasteiger partial charge in [0, 0.05) is 24.5 Å². The van der Waals surface area contributed by atoms with Gasteiger partial charge in [0.05, 0.1) is 0 Å². The minimum atomic E-state index is 0.377. The Hall–Kier alpha value is -2.22. The van der Waals surface area contributed by atoms with E-state index in [1.165, 1.54) is 19.3 Å². The van der Waals surface area contributed by atoms with Gasteiger partial charge in [0.15, 0.2) is 5.69 Å². The maximum Gasteiger partial charge on any atom is 0.190 e. The summed E-state index contributed by atoms with van der Waals surface area (Å²) in [5.74, 6) is 0. The van der Waals surface area contributed by atoms with E-state index >= 15 is 0 Å². The Labute approximate surface area is 112 Å². The molecule has 0 saturated heterocycles. The molecule has 0 fully saturated rings. The van der Waals surface area contributed by atoms with Gasteiger partial charge in [0.2, 0.25) is 0 Å². The first-order valence-corrected chi connectivity index (χ1v) is 6.60. The molecular formula is C14H17N5. The summed E-state index contributed by atoms with van der Waals surface area (Å²) in [6, 6.07) is 5.86. The van der Waals surface area contributed by atoms with Crippen molar-refractivity contribution >= 4 is 0 Å². The van der Waals surface area contributed by atoms with E-state index in [1.54, 1.807) is 12.4 Å². The van der Waals surface area contributed by atoms with Crippen LogP contribution in [0.4, 0.5) is 0 Å². The second-order valence-corrected chi connectivity index (χ2v) is 4.42.